The zero-order valence-corrected chi connectivity index (χ0v) is 17.8. The molecule has 0 aliphatic carbocycles. The third kappa shape index (κ3) is 6.90. The summed E-state index contributed by atoms with van der Waals surface area (Å²) >= 11 is 1.65. The summed E-state index contributed by atoms with van der Waals surface area (Å²) in [6, 6.07) is 9.04. The number of halogens is 2. The summed E-state index contributed by atoms with van der Waals surface area (Å²) in [5.74, 6) is -0.0240. The monoisotopic (exact) mass is 422 g/mol. The highest BCUT2D eigenvalue weighted by Gasteiger charge is 2.12. The van der Waals surface area contributed by atoms with Crippen LogP contribution in [0.25, 0.3) is 4.91 Å². The van der Waals surface area contributed by atoms with Crippen LogP contribution in [0.3, 0.4) is 0 Å². The summed E-state index contributed by atoms with van der Waals surface area (Å²) in [4.78, 5) is 15.0. The number of rotatable bonds is 7. The fraction of sp³-hybridized carbons (Fsp3) is 0.238. The van der Waals surface area contributed by atoms with Crippen LogP contribution in [0.2, 0.25) is 0 Å². The van der Waals surface area contributed by atoms with Crippen molar-refractivity contribution in [2.24, 2.45) is 4.99 Å². The Kier molecular flexibility index (Phi) is 10.5. The Labute approximate surface area is 173 Å². The second-order valence-electron chi connectivity index (χ2n) is 5.51. The second kappa shape index (κ2) is 12.6. The first-order chi connectivity index (χ1) is 13.9. The van der Waals surface area contributed by atoms with Gasteiger partial charge in [-0.15, -0.1) is 11.8 Å². The maximum Gasteiger partial charge on any atom is 0.155 e. The maximum atomic E-state index is 12.4. The van der Waals surface area contributed by atoms with Gasteiger partial charge in [0.15, 0.2) is 6.29 Å². The van der Waals surface area contributed by atoms with Gasteiger partial charge in [0.2, 0.25) is 0 Å². The van der Waals surface area contributed by atoms with Gasteiger partial charge in [-0.05, 0) is 43.5 Å². The van der Waals surface area contributed by atoms with Gasteiger partial charge >= 0.3 is 0 Å². The molecule has 2 aromatic rings. The number of carbonyl (C=O) groups excluding carboxylic acids is 1. The van der Waals surface area contributed by atoms with Gasteiger partial charge in [-0.3, -0.25) is 9.79 Å². The summed E-state index contributed by atoms with van der Waals surface area (Å²) < 4.78 is 35.5. The van der Waals surface area contributed by atoms with E-state index in [9.17, 15) is 13.6 Å². The molecule has 29 heavy (non-hydrogen) atoms. The van der Waals surface area contributed by atoms with E-state index in [1.54, 1.807) is 39.4 Å². The van der Waals surface area contributed by atoms with Gasteiger partial charge in [0.05, 0.1) is 26.1 Å². The smallest absolute Gasteiger partial charge is 0.155 e. The predicted molar refractivity (Wildman–Crippen MR) is 115 cm³/mol. The zero-order chi connectivity index (χ0) is 21.8. The molecular formula is C21H24F2N2O3S. The molecule has 0 aliphatic heterocycles. The molecule has 0 radical (unpaired) electrons. The minimum absolute atomic E-state index is 0.157. The first kappa shape index (κ1) is 24.2. The van der Waals surface area contributed by atoms with E-state index in [2.05, 4.69) is 10.3 Å². The predicted octanol–water partition coefficient (Wildman–Crippen LogP) is 4.78. The van der Waals surface area contributed by atoms with Gasteiger partial charge < -0.3 is 14.8 Å². The largest absolute Gasteiger partial charge is 0.497 e. The van der Waals surface area contributed by atoms with Gasteiger partial charge in [-0.1, -0.05) is 6.07 Å². The lowest BCUT2D eigenvalue weighted by molar-refractivity contribution is 0.111. The number of ether oxygens (including phenoxy) is 2. The lowest BCUT2D eigenvalue weighted by Gasteiger charge is -2.14. The van der Waals surface area contributed by atoms with Crippen LogP contribution >= 0.6 is 11.8 Å². The summed E-state index contributed by atoms with van der Waals surface area (Å²) in [5.41, 5.74) is 1.51. The normalized spacial score (nSPS) is 11.3. The molecule has 0 amide bonds. The number of hydrogen-bond acceptors (Lipinski definition) is 5. The Hall–Kier alpha value is -2.87. The molecule has 0 aromatic heterocycles. The average Bonchev–Trinajstić information content (AvgIpc) is 2.73. The minimum atomic E-state index is -0.824. The standard InChI is InChI=1S/C14H20N2O2S.C7H4F2O/c1-10(16-9-15-2)14(19-5)12-8-11(17-3)6-7-13(12)18-4;8-6-2-1-3-7(9)5(6)4-10/h6-9H,1-5H3,(H,15,16);1-4H/b14-10-;. The van der Waals surface area contributed by atoms with Crippen LogP contribution in [0.5, 0.6) is 11.5 Å². The highest BCUT2D eigenvalue weighted by molar-refractivity contribution is 8.07. The molecular weight excluding hydrogens is 398 g/mol. The number of nitrogens with zero attached hydrogens (tertiary/aromatic N) is 1. The summed E-state index contributed by atoms with van der Waals surface area (Å²) in [6.45, 7) is 2.01. The van der Waals surface area contributed by atoms with E-state index >= 15 is 0 Å². The van der Waals surface area contributed by atoms with Crippen molar-refractivity contribution in [1.82, 2.24) is 5.32 Å². The number of hydrogen-bond donors (Lipinski definition) is 1. The summed E-state index contributed by atoms with van der Waals surface area (Å²) in [7, 11) is 5.05. The molecule has 8 heteroatoms. The third-order valence-corrected chi connectivity index (χ3v) is 4.66. The van der Waals surface area contributed by atoms with Crippen molar-refractivity contribution in [1.29, 1.82) is 0 Å². The number of benzene rings is 2. The van der Waals surface area contributed by atoms with E-state index < -0.39 is 17.2 Å². The van der Waals surface area contributed by atoms with E-state index in [1.807, 2.05) is 31.4 Å². The number of allylic oxidation sites excluding steroid dienone is 1. The molecule has 0 aliphatic rings. The quantitative estimate of drug-likeness (QED) is 0.395. The third-order valence-electron chi connectivity index (χ3n) is 3.72. The van der Waals surface area contributed by atoms with Crippen molar-refractivity contribution in [3.63, 3.8) is 0 Å². The van der Waals surface area contributed by atoms with Crippen molar-refractivity contribution in [3.05, 3.63) is 64.9 Å². The molecule has 2 aromatic carbocycles. The van der Waals surface area contributed by atoms with Crippen LogP contribution in [0.15, 0.2) is 47.1 Å². The van der Waals surface area contributed by atoms with Crippen molar-refractivity contribution in [2.45, 2.75) is 6.92 Å². The Morgan fingerprint density at radius 2 is 1.79 bits per heavy atom. The summed E-state index contributed by atoms with van der Waals surface area (Å²) in [6.07, 6.45) is 3.85. The molecule has 5 nitrogen and oxygen atoms in total. The van der Waals surface area contributed by atoms with E-state index in [0.717, 1.165) is 39.8 Å². The van der Waals surface area contributed by atoms with Gasteiger partial charge in [0.25, 0.3) is 0 Å². The lowest BCUT2D eigenvalue weighted by Crippen LogP contribution is -2.09. The van der Waals surface area contributed by atoms with Crippen LogP contribution in [0.1, 0.15) is 22.8 Å². The topological polar surface area (TPSA) is 59.9 Å². The van der Waals surface area contributed by atoms with E-state index in [4.69, 9.17) is 9.47 Å². The van der Waals surface area contributed by atoms with Crippen molar-refractivity contribution in [3.8, 4) is 11.5 Å². The molecule has 1 N–H and O–H groups in total. The zero-order valence-electron chi connectivity index (χ0n) is 17.0. The molecule has 0 saturated carbocycles. The number of methoxy groups -OCH3 is 2. The number of aliphatic imine (C=N–C) groups is 1. The number of thioether (sulfide) groups is 1. The van der Waals surface area contributed by atoms with Gasteiger partial charge in [0.1, 0.15) is 23.1 Å². The minimum Gasteiger partial charge on any atom is -0.497 e. The first-order valence-electron chi connectivity index (χ1n) is 8.47. The van der Waals surface area contributed by atoms with Crippen LogP contribution < -0.4 is 14.8 Å². The van der Waals surface area contributed by atoms with Crippen LogP contribution in [-0.4, -0.2) is 40.1 Å². The number of nitrogens with one attached hydrogen (secondary N) is 1. The fourth-order valence-corrected chi connectivity index (χ4v) is 3.05. The molecule has 0 bridgehead atoms. The molecule has 0 unspecified atom stereocenters. The van der Waals surface area contributed by atoms with Gasteiger partial charge in [0, 0.05) is 23.2 Å². The molecule has 2 rings (SSSR count). The molecule has 156 valence electrons. The molecule has 0 heterocycles. The van der Waals surface area contributed by atoms with Gasteiger partial charge in [-0.2, -0.15) is 0 Å². The van der Waals surface area contributed by atoms with E-state index in [1.165, 1.54) is 6.07 Å². The first-order valence-corrected chi connectivity index (χ1v) is 9.69. The number of aldehydes is 1. The SMILES string of the molecule is CN=CN/C(C)=C(\SC)c1cc(OC)ccc1OC.O=Cc1c(F)cccc1F. The van der Waals surface area contributed by atoms with Gasteiger partial charge in [-0.25, -0.2) is 8.78 Å². The van der Waals surface area contributed by atoms with Crippen LogP contribution in [0, 0.1) is 11.6 Å². The van der Waals surface area contributed by atoms with E-state index in [0.29, 0.717) is 0 Å². The van der Waals surface area contributed by atoms with Crippen LogP contribution in [-0.2, 0) is 0 Å². The van der Waals surface area contributed by atoms with Crippen molar-refractivity contribution < 1.29 is 23.0 Å². The molecule has 0 fully saturated rings. The highest BCUT2D eigenvalue weighted by atomic mass is 32.2. The van der Waals surface area contributed by atoms with E-state index in [-0.39, 0.29) is 6.29 Å². The lowest BCUT2D eigenvalue weighted by atomic mass is 10.1. The maximum absolute atomic E-state index is 12.4. The molecule has 0 saturated heterocycles. The average molecular weight is 422 g/mol. The number of carbonyl (C=O) groups is 1. The Morgan fingerprint density at radius 3 is 2.24 bits per heavy atom. The molecule has 0 spiro atoms. The van der Waals surface area contributed by atoms with Crippen LogP contribution in [0.4, 0.5) is 8.78 Å². The van der Waals surface area contributed by atoms with Crippen molar-refractivity contribution in [2.75, 3.05) is 27.5 Å². The summed E-state index contributed by atoms with van der Waals surface area (Å²) in [5, 5.41) is 3.14. The molecule has 0 atom stereocenters. The highest BCUT2D eigenvalue weighted by Crippen LogP contribution is 2.36. The Bertz CT molecular complexity index is 866. The fourth-order valence-electron chi connectivity index (χ4n) is 2.31. The van der Waals surface area contributed by atoms with Crippen molar-refractivity contribution >= 4 is 29.3 Å². The Balaban J connectivity index is 0.000000352. The second-order valence-corrected chi connectivity index (χ2v) is 6.33. The Morgan fingerprint density at radius 1 is 1.14 bits per heavy atom.